The molecule has 0 radical (unpaired) electrons. The number of ether oxygens (including phenoxy) is 1. The Balaban J connectivity index is 2.77. The maximum atomic E-state index is 11.2. The standard InChI is InChI=1S/C13H21NO3S/c1-10(2)17-13-8-6-5-7-12(13)14-11(3)9-18(4,15)16/h5-8,10-11,14H,9H2,1-4H3. The minimum absolute atomic E-state index is 0.0816. The van der Waals surface area contributed by atoms with Crippen molar-refractivity contribution >= 4 is 15.5 Å². The molecule has 0 spiro atoms. The van der Waals surface area contributed by atoms with Crippen LogP contribution in [0.3, 0.4) is 0 Å². The van der Waals surface area contributed by atoms with Gasteiger partial charge in [0.15, 0.2) is 0 Å². The molecule has 18 heavy (non-hydrogen) atoms. The molecule has 1 aromatic rings. The van der Waals surface area contributed by atoms with E-state index in [0.29, 0.717) is 0 Å². The normalized spacial score (nSPS) is 13.4. The van der Waals surface area contributed by atoms with Gasteiger partial charge < -0.3 is 10.1 Å². The molecular weight excluding hydrogens is 250 g/mol. The first-order chi connectivity index (χ1) is 8.28. The predicted molar refractivity (Wildman–Crippen MR) is 75.0 cm³/mol. The second-order valence-corrected chi connectivity index (χ2v) is 6.99. The average molecular weight is 271 g/mol. The number of benzene rings is 1. The lowest BCUT2D eigenvalue weighted by molar-refractivity contribution is 0.243. The van der Waals surface area contributed by atoms with Crippen molar-refractivity contribution in [3.05, 3.63) is 24.3 Å². The summed E-state index contributed by atoms with van der Waals surface area (Å²) in [6, 6.07) is 7.38. The van der Waals surface area contributed by atoms with Gasteiger partial charge in [0.2, 0.25) is 0 Å². The smallest absolute Gasteiger partial charge is 0.149 e. The van der Waals surface area contributed by atoms with Gasteiger partial charge in [-0.1, -0.05) is 12.1 Å². The fourth-order valence-corrected chi connectivity index (χ4v) is 2.70. The van der Waals surface area contributed by atoms with Gasteiger partial charge in [-0.3, -0.25) is 0 Å². The van der Waals surface area contributed by atoms with Crippen LogP contribution in [-0.4, -0.2) is 32.6 Å². The van der Waals surface area contributed by atoms with Gasteiger partial charge in [-0.25, -0.2) is 8.42 Å². The Morgan fingerprint density at radius 1 is 1.22 bits per heavy atom. The summed E-state index contributed by atoms with van der Waals surface area (Å²) in [5.41, 5.74) is 0.822. The zero-order valence-electron chi connectivity index (χ0n) is 11.3. The van der Waals surface area contributed by atoms with Gasteiger partial charge in [-0.05, 0) is 32.9 Å². The topological polar surface area (TPSA) is 55.4 Å². The van der Waals surface area contributed by atoms with Crippen molar-refractivity contribution in [3.8, 4) is 5.75 Å². The minimum atomic E-state index is -2.98. The number of sulfone groups is 1. The number of anilines is 1. The zero-order valence-corrected chi connectivity index (χ0v) is 12.1. The van der Waals surface area contributed by atoms with Gasteiger partial charge in [0.05, 0.1) is 17.5 Å². The van der Waals surface area contributed by atoms with Gasteiger partial charge in [0, 0.05) is 12.3 Å². The van der Waals surface area contributed by atoms with Crippen LogP contribution in [0.1, 0.15) is 20.8 Å². The third-order valence-electron chi connectivity index (χ3n) is 2.20. The van der Waals surface area contributed by atoms with Crippen LogP contribution < -0.4 is 10.1 Å². The molecule has 0 saturated heterocycles. The largest absolute Gasteiger partial charge is 0.489 e. The van der Waals surface area contributed by atoms with Gasteiger partial charge in [0.25, 0.3) is 0 Å². The Kier molecular flexibility index (Phi) is 5.02. The van der Waals surface area contributed by atoms with E-state index in [2.05, 4.69) is 5.32 Å². The number of rotatable bonds is 6. The van der Waals surface area contributed by atoms with E-state index in [1.807, 2.05) is 45.0 Å². The first-order valence-electron chi connectivity index (χ1n) is 5.98. The first-order valence-corrected chi connectivity index (χ1v) is 8.04. The van der Waals surface area contributed by atoms with Crippen LogP contribution in [-0.2, 0) is 9.84 Å². The molecule has 1 aromatic carbocycles. The fraction of sp³-hybridized carbons (Fsp3) is 0.538. The quantitative estimate of drug-likeness (QED) is 0.862. The SMILES string of the molecule is CC(CS(C)(=O)=O)Nc1ccccc1OC(C)C. The van der Waals surface area contributed by atoms with Gasteiger partial charge >= 0.3 is 0 Å². The summed E-state index contributed by atoms with van der Waals surface area (Å²) in [7, 11) is -2.98. The summed E-state index contributed by atoms with van der Waals surface area (Å²) in [5.74, 6) is 0.844. The van der Waals surface area contributed by atoms with E-state index < -0.39 is 9.84 Å². The number of hydrogen-bond donors (Lipinski definition) is 1. The molecule has 0 aromatic heterocycles. The molecule has 0 aliphatic carbocycles. The molecule has 1 rings (SSSR count). The van der Waals surface area contributed by atoms with Crippen LogP contribution in [0.4, 0.5) is 5.69 Å². The molecule has 0 aliphatic heterocycles. The van der Waals surface area contributed by atoms with E-state index in [9.17, 15) is 8.42 Å². The number of para-hydroxylation sites is 2. The lowest BCUT2D eigenvalue weighted by atomic mass is 10.2. The van der Waals surface area contributed by atoms with Crippen LogP contribution in [0.5, 0.6) is 5.75 Å². The van der Waals surface area contributed by atoms with Crippen molar-refractivity contribution in [2.45, 2.75) is 32.9 Å². The van der Waals surface area contributed by atoms with Crippen molar-refractivity contribution in [2.75, 3.05) is 17.3 Å². The van der Waals surface area contributed by atoms with Crippen LogP contribution >= 0.6 is 0 Å². The zero-order chi connectivity index (χ0) is 13.8. The summed E-state index contributed by atoms with van der Waals surface area (Å²) < 4.78 is 28.1. The van der Waals surface area contributed by atoms with Crippen molar-refractivity contribution in [3.63, 3.8) is 0 Å². The third kappa shape index (κ3) is 5.40. The van der Waals surface area contributed by atoms with Crippen LogP contribution in [0.15, 0.2) is 24.3 Å². The molecule has 0 aliphatic rings. The molecule has 5 heteroatoms. The molecule has 1 N–H and O–H groups in total. The Bertz CT molecular complexity index is 483. The van der Waals surface area contributed by atoms with Crippen molar-refractivity contribution in [1.29, 1.82) is 0 Å². The summed E-state index contributed by atoms with van der Waals surface area (Å²) in [6.45, 7) is 5.75. The number of nitrogens with one attached hydrogen (secondary N) is 1. The Labute approximate surface area is 109 Å². The first kappa shape index (κ1) is 14.8. The minimum Gasteiger partial charge on any atom is -0.489 e. The summed E-state index contributed by atoms with van der Waals surface area (Å²) in [6.07, 6.45) is 1.32. The summed E-state index contributed by atoms with van der Waals surface area (Å²) in [5, 5.41) is 3.17. The molecule has 0 amide bonds. The Morgan fingerprint density at radius 3 is 2.39 bits per heavy atom. The predicted octanol–water partition coefficient (Wildman–Crippen LogP) is 2.32. The Hall–Kier alpha value is -1.23. The highest BCUT2D eigenvalue weighted by atomic mass is 32.2. The molecular formula is C13H21NO3S. The highest BCUT2D eigenvalue weighted by Crippen LogP contribution is 2.25. The van der Waals surface area contributed by atoms with Crippen LogP contribution in [0, 0.1) is 0 Å². The highest BCUT2D eigenvalue weighted by Gasteiger charge is 2.12. The van der Waals surface area contributed by atoms with Crippen molar-refractivity contribution < 1.29 is 13.2 Å². The molecule has 0 bridgehead atoms. The molecule has 4 nitrogen and oxygen atoms in total. The second kappa shape index (κ2) is 6.09. The van der Waals surface area contributed by atoms with E-state index in [1.54, 1.807) is 0 Å². The second-order valence-electron chi connectivity index (χ2n) is 4.80. The van der Waals surface area contributed by atoms with Crippen LogP contribution in [0.2, 0.25) is 0 Å². The third-order valence-corrected chi connectivity index (χ3v) is 3.31. The van der Waals surface area contributed by atoms with Crippen molar-refractivity contribution in [2.24, 2.45) is 0 Å². The lowest BCUT2D eigenvalue weighted by Gasteiger charge is -2.19. The molecule has 1 atom stereocenters. The van der Waals surface area contributed by atoms with Gasteiger partial charge in [-0.2, -0.15) is 0 Å². The summed E-state index contributed by atoms with van der Waals surface area (Å²) in [4.78, 5) is 0. The molecule has 0 saturated carbocycles. The highest BCUT2D eigenvalue weighted by molar-refractivity contribution is 7.90. The van der Waals surface area contributed by atoms with Gasteiger partial charge in [0.1, 0.15) is 15.6 Å². The molecule has 0 fully saturated rings. The van der Waals surface area contributed by atoms with E-state index in [-0.39, 0.29) is 17.9 Å². The number of hydrogen-bond acceptors (Lipinski definition) is 4. The van der Waals surface area contributed by atoms with E-state index >= 15 is 0 Å². The van der Waals surface area contributed by atoms with Crippen LogP contribution in [0.25, 0.3) is 0 Å². The monoisotopic (exact) mass is 271 g/mol. The van der Waals surface area contributed by atoms with Crippen molar-refractivity contribution in [1.82, 2.24) is 0 Å². The fourth-order valence-electron chi connectivity index (χ4n) is 1.70. The summed E-state index contributed by atoms with van der Waals surface area (Å²) >= 11 is 0. The van der Waals surface area contributed by atoms with E-state index in [0.717, 1.165) is 11.4 Å². The van der Waals surface area contributed by atoms with Gasteiger partial charge in [-0.15, -0.1) is 0 Å². The van der Waals surface area contributed by atoms with E-state index in [1.165, 1.54) is 6.26 Å². The molecule has 102 valence electrons. The molecule has 0 heterocycles. The maximum absolute atomic E-state index is 11.2. The molecule has 1 unspecified atom stereocenters. The van der Waals surface area contributed by atoms with E-state index in [4.69, 9.17) is 4.74 Å². The maximum Gasteiger partial charge on any atom is 0.149 e. The average Bonchev–Trinajstić information content (AvgIpc) is 2.17. The lowest BCUT2D eigenvalue weighted by Crippen LogP contribution is -2.25. The Morgan fingerprint density at radius 2 is 1.83 bits per heavy atom.